The Balaban J connectivity index is 1.55. The van der Waals surface area contributed by atoms with Gasteiger partial charge in [0.2, 0.25) is 5.91 Å². The third-order valence-corrected chi connectivity index (χ3v) is 4.98. The fourth-order valence-electron chi connectivity index (χ4n) is 2.62. The van der Waals surface area contributed by atoms with Crippen molar-refractivity contribution >= 4 is 23.4 Å². The van der Waals surface area contributed by atoms with E-state index in [0.29, 0.717) is 28.1 Å². The predicted octanol–water partition coefficient (Wildman–Crippen LogP) is 5.19. The smallest absolute Gasteiger partial charge is 0.237 e. The van der Waals surface area contributed by atoms with Crippen LogP contribution >= 0.6 is 11.8 Å². The Morgan fingerprint density at radius 1 is 1.11 bits per heavy atom. The van der Waals surface area contributed by atoms with Gasteiger partial charge in [-0.3, -0.25) is 4.79 Å². The van der Waals surface area contributed by atoms with E-state index in [2.05, 4.69) is 15.3 Å². The molecule has 0 radical (unpaired) electrons. The minimum absolute atomic E-state index is 0.145. The number of thioether (sulfide) groups is 1. The second-order valence-corrected chi connectivity index (χ2v) is 7.28. The van der Waals surface area contributed by atoms with Crippen LogP contribution < -0.4 is 5.32 Å². The Bertz CT molecular complexity index is 1020. The summed E-state index contributed by atoms with van der Waals surface area (Å²) in [7, 11) is 0. The highest BCUT2D eigenvalue weighted by atomic mass is 32.2. The van der Waals surface area contributed by atoms with Gasteiger partial charge in [-0.15, -0.1) is 0 Å². The molecule has 142 valence electrons. The van der Waals surface area contributed by atoms with Crippen LogP contribution in [-0.4, -0.2) is 21.1 Å². The molecule has 1 amide bonds. The summed E-state index contributed by atoms with van der Waals surface area (Å²) in [5, 5.41) is 2.60. The number of anilines is 1. The van der Waals surface area contributed by atoms with Crippen LogP contribution in [0.25, 0.3) is 22.9 Å². The molecule has 8 heteroatoms. The molecular formula is C20H16FN3O3S. The Morgan fingerprint density at radius 2 is 1.82 bits per heavy atom. The number of para-hydroxylation sites is 1. The lowest BCUT2D eigenvalue weighted by molar-refractivity contribution is -0.115. The average molecular weight is 397 g/mol. The van der Waals surface area contributed by atoms with Crippen LogP contribution in [0.5, 0.6) is 0 Å². The lowest BCUT2D eigenvalue weighted by atomic mass is 10.2. The van der Waals surface area contributed by atoms with E-state index in [1.54, 1.807) is 49.8 Å². The molecule has 0 bridgehead atoms. The molecule has 0 spiro atoms. The number of nitrogens with one attached hydrogen (secondary N) is 2. The second kappa shape index (κ2) is 7.77. The minimum atomic E-state index is -0.514. The SMILES string of the molecule is CC(Sc1nc(-c2ccco2)c(-c2ccco2)[nH]1)C(=O)Nc1ccccc1F. The molecule has 1 unspecified atom stereocenters. The molecule has 1 atom stereocenters. The Labute approximate surface area is 164 Å². The summed E-state index contributed by atoms with van der Waals surface area (Å²) in [6.45, 7) is 1.72. The summed E-state index contributed by atoms with van der Waals surface area (Å²) in [4.78, 5) is 20.2. The number of imidazole rings is 1. The van der Waals surface area contributed by atoms with Crippen LogP contribution in [0.1, 0.15) is 6.92 Å². The molecule has 4 rings (SSSR count). The fourth-order valence-corrected chi connectivity index (χ4v) is 3.42. The number of halogens is 1. The number of hydrogen-bond acceptors (Lipinski definition) is 5. The molecule has 2 N–H and O–H groups in total. The number of aromatic amines is 1. The highest BCUT2D eigenvalue weighted by Gasteiger charge is 2.22. The highest BCUT2D eigenvalue weighted by molar-refractivity contribution is 8.00. The van der Waals surface area contributed by atoms with Gasteiger partial charge in [0.25, 0.3) is 0 Å². The van der Waals surface area contributed by atoms with Crippen molar-refractivity contribution in [1.82, 2.24) is 9.97 Å². The third-order valence-electron chi connectivity index (χ3n) is 3.99. The third kappa shape index (κ3) is 3.72. The standard InChI is InChI=1S/C20H16FN3O3S/c1-12(19(25)22-14-7-3-2-6-13(14)21)28-20-23-17(15-8-4-10-26-15)18(24-20)16-9-5-11-27-16/h2-12H,1H3,(H,22,25)(H,23,24). The van der Waals surface area contributed by atoms with E-state index in [4.69, 9.17) is 8.83 Å². The fraction of sp³-hybridized carbons (Fsp3) is 0.100. The monoisotopic (exact) mass is 397 g/mol. The van der Waals surface area contributed by atoms with Gasteiger partial charge in [-0.2, -0.15) is 0 Å². The van der Waals surface area contributed by atoms with Gasteiger partial charge in [0.1, 0.15) is 17.2 Å². The van der Waals surface area contributed by atoms with E-state index < -0.39 is 11.1 Å². The Hall–Kier alpha value is -3.26. The first-order valence-corrected chi connectivity index (χ1v) is 9.39. The van der Waals surface area contributed by atoms with Gasteiger partial charge >= 0.3 is 0 Å². The maximum atomic E-state index is 13.7. The molecule has 6 nitrogen and oxygen atoms in total. The van der Waals surface area contributed by atoms with Gasteiger partial charge in [0.05, 0.1) is 23.5 Å². The Morgan fingerprint density at radius 3 is 2.50 bits per heavy atom. The normalized spacial score (nSPS) is 12.1. The summed E-state index contributed by atoms with van der Waals surface area (Å²) in [5.74, 6) is 0.379. The molecule has 3 aromatic heterocycles. The molecule has 28 heavy (non-hydrogen) atoms. The molecule has 0 saturated heterocycles. The average Bonchev–Trinajstić information content (AvgIpc) is 3.44. The number of carbonyl (C=O) groups excluding carboxylic acids is 1. The van der Waals surface area contributed by atoms with Gasteiger partial charge in [0, 0.05) is 0 Å². The van der Waals surface area contributed by atoms with Crippen molar-refractivity contribution < 1.29 is 18.0 Å². The number of carbonyl (C=O) groups is 1. The first kappa shape index (κ1) is 18.1. The van der Waals surface area contributed by atoms with Gasteiger partial charge in [-0.05, 0) is 43.3 Å². The van der Waals surface area contributed by atoms with E-state index >= 15 is 0 Å². The number of hydrogen-bond donors (Lipinski definition) is 2. The van der Waals surface area contributed by atoms with Gasteiger partial charge in [0.15, 0.2) is 16.7 Å². The van der Waals surface area contributed by atoms with Gasteiger partial charge in [-0.1, -0.05) is 23.9 Å². The van der Waals surface area contributed by atoms with Crippen LogP contribution in [0.4, 0.5) is 10.1 Å². The maximum absolute atomic E-state index is 13.7. The zero-order chi connectivity index (χ0) is 19.5. The van der Waals surface area contributed by atoms with Crippen molar-refractivity contribution in [2.24, 2.45) is 0 Å². The first-order valence-electron chi connectivity index (χ1n) is 8.51. The van der Waals surface area contributed by atoms with E-state index in [1.165, 1.54) is 23.9 Å². The lowest BCUT2D eigenvalue weighted by Crippen LogP contribution is -2.23. The lowest BCUT2D eigenvalue weighted by Gasteiger charge is -2.11. The van der Waals surface area contributed by atoms with E-state index in [1.807, 2.05) is 6.07 Å². The van der Waals surface area contributed by atoms with E-state index in [-0.39, 0.29) is 11.6 Å². The van der Waals surface area contributed by atoms with Crippen molar-refractivity contribution in [2.45, 2.75) is 17.3 Å². The highest BCUT2D eigenvalue weighted by Crippen LogP contribution is 2.34. The van der Waals surface area contributed by atoms with Crippen molar-refractivity contribution in [3.8, 4) is 22.9 Å². The summed E-state index contributed by atoms with van der Waals surface area (Å²) in [5.41, 5.74) is 1.39. The minimum Gasteiger partial charge on any atom is -0.463 e. The summed E-state index contributed by atoms with van der Waals surface area (Å²) < 4.78 is 24.7. The zero-order valence-electron chi connectivity index (χ0n) is 14.8. The number of furan rings is 2. The topological polar surface area (TPSA) is 84.1 Å². The molecule has 3 heterocycles. The molecule has 0 saturated carbocycles. The van der Waals surface area contributed by atoms with E-state index in [9.17, 15) is 9.18 Å². The van der Waals surface area contributed by atoms with Crippen molar-refractivity contribution in [2.75, 3.05) is 5.32 Å². The first-order chi connectivity index (χ1) is 13.6. The van der Waals surface area contributed by atoms with Crippen LogP contribution in [-0.2, 0) is 4.79 Å². The number of nitrogens with zero attached hydrogens (tertiary/aromatic N) is 1. The number of amides is 1. The van der Waals surface area contributed by atoms with Crippen molar-refractivity contribution in [3.63, 3.8) is 0 Å². The predicted molar refractivity (Wildman–Crippen MR) is 104 cm³/mol. The number of benzene rings is 1. The van der Waals surface area contributed by atoms with Gasteiger partial charge < -0.3 is 19.1 Å². The molecular weight excluding hydrogens is 381 g/mol. The molecule has 1 aromatic carbocycles. The van der Waals surface area contributed by atoms with Crippen molar-refractivity contribution in [1.29, 1.82) is 0 Å². The number of H-pyrrole nitrogens is 1. The van der Waals surface area contributed by atoms with Crippen LogP contribution in [0.2, 0.25) is 0 Å². The van der Waals surface area contributed by atoms with E-state index in [0.717, 1.165) is 0 Å². The summed E-state index contributed by atoms with van der Waals surface area (Å²) in [6.07, 6.45) is 3.13. The van der Waals surface area contributed by atoms with Crippen LogP contribution in [0, 0.1) is 5.82 Å². The molecule has 4 aromatic rings. The molecule has 0 aliphatic rings. The maximum Gasteiger partial charge on any atom is 0.237 e. The number of rotatable bonds is 6. The summed E-state index contributed by atoms with van der Waals surface area (Å²) >= 11 is 1.22. The molecule has 0 fully saturated rings. The zero-order valence-corrected chi connectivity index (χ0v) is 15.6. The van der Waals surface area contributed by atoms with Gasteiger partial charge in [-0.25, -0.2) is 9.37 Å². The molecule has 0 aliphatic carbocycles. The Kier molecular flexibility index (Phi) is 5.03. The van der Waals surface area contributed by atoms with Crippen LogP contribution in [0.15, 0.2) is 75.0 Å². The largest absolute Gasteiger partial charge is 0.463 e. The second-order valence-electron chi connectivity index (χ2n) is 5.95. The quantitative estimate of drug-likeness (QED) is 0.438. The van der Waals surface area contributed by atoms with Crippen LogP contribution in [0.3, 0.4) is 0 Å². The van der Waals surface area contributed by atoms with Crippen molar-refractivity contribution in [3.05, 3.63) is 66.9 Å². The number of aromatic nitrogens is 2. The summed E-state index contributed by atoms with van der Waals surface area (Å²) in [6, 6.07) is 13.2. The molecule has 0 aliphatic heterocycles.